The summed E-state index contributed by atoms with van der Waals surface area (Å²) >= 11 is 0.797. The molecule has 2 aliphatic rings. The Hall–Kier alpha value is -3.46. The van der Waals surface area contributed by atoms with Crippen LogP contribution in [-0.4, -0.2) is 46.9 Å². The number of aromatic hydroxyl groups is 1. The van der Waals surface area contributed by atoms with Crippen LogP contribution in [-0.2, 0) is 16.0 Å². The third kappa shape index (κ3) is 4.41. The second-order valence-corrected chi connectivity index (χ2v) is 7.64. The van der Waals surface area contributed by atoms with Crippen molar-refractivity contribution in [3.8, 4) is 17.2 Å². The molecule has 0 spiro atoms. The molecule has 9 heteroatoms. The lowest BCUT2D eigenvalue weighted by Crippen LogP contribution is -2.40. The van der Waals surface area contributed by atoms with Gasteiger partial charge in [-0.1, -0.05) is 18.2 Å². The molecule has 0 aliphatic carbocycles. The molecule has 0 saturated carbocycles. The maximum absolute atomic E-state index is 12.6. The van der Waals surface area contributed by atoms with Crippen LogP contribution in [0.4, 0.5) is 4.79 Å². The Kier molecular flexibility index (Phi) is 5.62. The van der Waals surface area contributed by atoms with Crippen LogP contribution in [0.1, 0.15) is 11.1 Å². The van der Waals surface area contributed by atoms with Gasteiger partial charge in [-0.2, -0.15) is 0 Å². The number of fused-ring (bicyclic) bond motifs is 1. The van der Waals surface area contributed by atoms with Gasteiger partial charge in [-0.05, 0) is 59.7 Å². The van der Waals surface area contributed by atoms with Crippen LogP contribution >= 0.6 is 11.8 Å². The molecule has 0 atom stereocenters. The number of amides is 3. The largest absolute Gasteiger partial charge is 0.508 e. The Morgan fingerprint density at radius 2 is 1.90 bits per heavy atom. The molecule has 3 amide bonds. The average molecular weight is 426 g/mol. The van der Waals surface area contributed by atoms with Crippen molar-refractivity contribution >= 4 is 34.9 Å². The number of phenolic OH excluding ortho intramolecular Hbond substituents is 1. The smallest absolute Gasteiger partial charge is 0.294 e. The van der Waals surface area contributed by atoms with E-state index in [1.54, 1.807) is 48.5 Å². The number of carbonyl (C=O) groups excluding carboxylic acids is 3. The summed E-state index contributed by atoms with van der Waals surface area (Å²) < 4.78 is 10.6. The molecular weight excluding hydrogens is 408 g/mol. The quantitative estimate of drug-likeness (QED) is 0.684. The molecule has 30 heavy (non-hydrogen) atoms. The first kappa shape index (κ1) is 19.8. The summed E-state index contributed by atoms with van der Waals surface area (Å²) in [5.74, 6) is 0.466. The normalized spacial score (nSPS) is 16.4. The predicted octanol–water partition coefficient (Wildman–Crippen LogP) is 2.52. The van der Waals surface area contributed by atoms with Gasteiger partial charge in [0.15, 0.2) is 11.5 Å². The number of rotatable bonds is 6. The fourth-order valence-electron chi connectivity index (χ4n) is 3.00. The molecule has 154 valence electrons. The minimum atomic E-state index is -0.503. The lowest BCUT2D eigenvalue weighted by atomic mass is 10.1. The van der Waals surface area contributed by atoms with Gasteiger partial charge in [-0.3, -0.25) is 19.3 Å². The van der Waals surface area contributed by atoms with Gasteiger partial charge in [0.25, 0.3) is 11.1 Å². The van der Waals surface area contributed by atoms with Gasteiger partial charge in [0, 0.05) is 6.54 Å². The highest BCUT2D eigenvalue weighted by Crippen LogP contribution is 2.36. The van der Waals surface area contributed by atoms with Gasteiger partial charge in [0.2, 0.25) is 12.7 Å². The van der Waals surface area contributed by atoms with E-state index in [4.69, 9.17) is 9.47 Å². The molecule has 4 rings (SSSR count). The minimum Gasteiger partial charge on any atom is -0.508 e. The second kappa shape index (κ2) is 8.50. The Balaban J connectivity index is 1.33. The summed E-state index contributed by atoms with van der Waals surface area (Å²) in [6.45, 7) is 0.169. The summed E-state index contributed by atoms with van der Waals surface area (Å²) in [5, 5.41) is 11.5. The number of hydrogen-bond donors (Lipinski definition) is 2. The summed E-state index contributed by atoms with van der Waals surface area (Å²) in [6.07, 6.45) is 2.16. The third-order valence-corrected chi connectivity index (χ3v) is 5.45. The lowest BCUT2D eigenvalue weighted by molar-refractivity contribution is -0.129. The van der Waals surface area contributed by atoms with Crippen molar-refractivity contribution in [2.24, 2.45) is 0 Å². The van der Waals surface area contributed by atoms with Crippen molar-refractivity contribution in [2.45, 2.75) is 6.42 Å². The molecule has 0 aromatic heterocycles. The van der Waals surface area contributed by atoms with Crippen molar-refractivity contribution < 1.29 is 29.0 Å². The summed E-state index contributed by atoms with van der Waals surface area (Å²) in [4.78, 5) is 38.1. The standard InChI is InChI=1S/C21H18N2O6S/c24-15-4-1-13(2-5-15)7-8-22-19(25)11-23-20(26)18(30-21(23)27)10-14-3-6-16-17(9-14)29-12-28-16/h1-6,9-10,24H,7-8,11-12H2,(H,22,25)/b18-10-. The number of carbonyl (C=O) groups is 3. The molecule has 2 heterocycles. The lowest BCUT2D eigenvalue weighted by Gasteiger charge is -2.12. The fraction of sp³-hybridized carbons (Fsp3) is 0.190. The molecule has 1 saturated heterocycles. The number of benzene rings is 2. The topological polar surface area (TPSA) is 105 Å². The average Bonchev–Trinajstić information content (AvgIpc) is 3.29. The van der Waals surface area contributed by atoms with E-state index >= 15 is 0 Å². The zero-order chi connectivity index (χ0) is 21.1. The summed E-state index contributed by atoms with van der Waals surface area (Å²) in [7, 11) is 0. The SMILES string of the molecule is O=C(CN1C(=O)S/C(=C\c2ccc3c(c2)OCO3)C1=O)NCCc1ccc(O)cc1. The number of ether oxygens (including phenoxy) is 2. The highest BCUT2D eigenvalue weighted by Gasteiger charge is 2.36. The van der Waals surface area contributed by atoms with Crippen molar-refractivity contribution in [2.75, 3.05) is 19.9 Å². The van der Waals surface area contributed by atoms with E-state index in [9.17, 15) is 19.5 Å². The van der Waals surface area contributed by atoms with Gasteiger partial charge in [0.05, 0.1) is 4.91 Å². The first-order valence-corrected chi connectivity index (χ1v) is 10.0. The Morgan fingerprint density at radius 1 is 1.13 bits per heavy atom. The van der Waals surface area contributed by atoms with Crippen molar-refractivity contribution in [3.05, 3.63) is 58.5 Å². The zero-order valence-corrected chi connectivity index (χ0v) is 16.6. The molecule has 2 aliphatic heterocycles. The van der Waals surface area contributed by atoms with Crippen LogP contribution in [0.15, 0.2) is 47.4 Å². The molecule has 0 bridgehead atoms. The minimum absolute atomic E-state index is 0.150. The Labute approximate surface area is 176 Å². The van der Waals surface area contributed by atoms with E-state index in [1.165, 1.54) is 0 Å². The highest BCUT2D eigenvalue weighted by atomic mass is 32.2. The molecule has 0 radical (unpaired) electrons. The Bertz CT molecular complexity index is 1030. The number of phenols is 1. The van der Waals surface area contributed by atoms with E-state index in [2.05, 4.69) is 5.32 Å². The Morgan fingerprint density at radius 3 is 2.70 bits per heavy atom. The van der Waals surface area contributed by atoms with Crippen LogP contribution in [0.2, 0.25) is 0 Å². The van der Waals surface area contributed by atoms with E-state index in [1.807, 2.05) is 0 Å². The summed E-state index contributed by atoms with van der Waals surface area (Å²) in [5.41, 5.74) is 1.65. The fourth-order valence-corrected chi connectivity index (χ4v) is 3.84. The van der Waals surface area contributed by atoms with Crippen molar-refractivity contribution in [3.63, 3.8) is 0 Å². The number of hydrogen-bond acceptors (Lipinski definition) is 7. The van der Waals surface area contributed by atoms with Crippen molar-refractivity contribution in [1.82, 2.24) is 10.2 Å². The molecule has 2 N–H and O–H groups in total. The molecule has 8 nitrogen and oxygen atoms in total. The number of nitrogens with one attached hydrogen (secondary N) is 1. The van der Waals surface area contributed by atoms with Crippen LogP contribution in [0.5, 0.6) is 17.2 Å². The number of thioether (sulfide) groups is 1. The maximum Gasteiger partial charge on any atom is 0.294 e. The van der Waals surface area contributed by atoms with E-state index in [0.717, 1.165) is 22.2 Å². The molecular formula is C21H18N2O6S. The molecule has 0 unspecified atom stereocenters. The van der Waals surface area contributed by atoms with Crippen LogP contribution in [0.3, 0.4) is 0 Å². The van der Waals surface area contributed by atoms with E-state index in [-0.39, 0.29) is 24.0 Å². The van der Waals surface area contributed by atoms with E-state index in [0.29, 0.717) is 30.0 Å². The maximum atomic E-state index is 12.6. The van der Waals surface area contributed by atoms with Gasteiger partial charge >= 0.3 is 0 Å². The molecule has 2 aromatic carbocycles. The van der Waals surface area contributed by atoms with Gasteiger partial charge in [0.1, 0.15) is 12.3 Å². The monoisotopic (exact) mass is 426 g/mol. The third-order valence-electron chi connectivity index (χ3n) is 4.54. The first-order chi connectivity index (χ1) is 14.5. The van der Waals surface area contributed by atoms with Gasteiger partial charge < -0.3 is 19.9 Å². The predicted molar refractivity (Wildman–Crippen MR) is 110 cm³/mol. The van der Waals surface area contributed by atoms with Gasteiger partial charge in [-0.25, -0.2) is 0 Å². The van der Waals surface area contributed by atoms with Crippen LogP contribution < -0.4 is 14.8 Å². The first-order valence-electron chi connectivity index (χ1n) is 9.19. The number of nitrogens with zero attached hydrogens (tertiary/aromatic N) is 1. The highest BCUT2D eigenvalue weighted by molar-refractivity contribution is 8.18. The van der Waals surface area contributed by atoms with Crippen LogP contribution in [0.25, 0.3) is 6.08 Å². The molecule has 1 fully saturated rings. The van der Waals surface area contributed by atoms with Crippen molar-refractivity contribution in [1.29, 1.82) is 0 Å². The number of imide groups is 1. The van der Waals surface area contributed by atoms with Gasteiger partial charge in [-0.15, -0.1) is 0 Å². The summed E-state index contributed by atoms with van der Waals surface area (Å²) in [6, 6.07) is 11.9. The second-order valence-electron chi connectivity index (χ2n) is 6.65. The van der Waals surface area contributed by atoms with Crippen LogP contribution in [0, 0.1) is 0 Å². The zero-order valence-electron chi connectivity index (χ0n) is 15.8. The molecule has 2 aromatic rings. The van der Waals surface area contributed by atoms with E-state index < -0.39 is 17.1 Å².